The van der Waals surface area contributed by atoms with E-state index in [2.05, 4.69) is 60.7 Å². The zero-order valence-electron chi connectivity index (χ0n) is 13.0. The van der Waals surface area contributed by atoms with Crippen molar-refractivity contribution < 1.29 is 0 Å². The number of rotatable bonds is 4. The molecule has 1 N–H and O–H groups in total. The van der Waals surface area contributed by atoms with Crippen LogP contribution in [0.4, 0.5) is 0 Å². The van der Waals surface area contributed by atoms with Crippen LogP contribution in [0.2, 0.25) is 0 Å². The Morgan fingerprint density at radius 1 is 1.29 bits per heavy atom. The third kappa shape index (κ3) is 3.16. The minimum Gasteiger partial charge on any atom is -0.316 e. The summed E-state index contributed by atoms with van der Waals surface area (Å²) in [6.07, 6.45) is 6.70. The van der Waals surface area contributed by atoms with E-state index in [0.29, 0.717) is 12.0 Å². The highest BCUT2D eigenvalue weighted by Crippen LogP contribution is 2.33. The molecule has 0 fully saturated rings. The summed E-state index contributed by atoms with van der Waals surface area (Å²) in [6.45, 7) is 2.16. The molecule has 1 aromatic heterocycles. The van der Waals surface area contributed by atoms with Gasteiger partial charge in [0.1, 0.15) is 0 Å². The standard InChI is InChI=1S/C19H24N2/c1-14-6-3-7-15(12-14)13-18(20-2)17-10-4-8-16-9-5-11-21-19(16)17/h3,5-7,9,11-12,17-18,20H,4,8,10,13H2,1-2H3. The van der Waals surface area contributed by atoms with E-state index in [9.17, 15) is 0 Å². The minimum atomic E-state index is 0.459. The average molecular weight is 280 g/mol. The molecule has 0 saturated carbocycles. The lowest BCUT2D eigenvalue weighted by Gasteiger charge is -2.31. The zero-order chi connectivity index (χ0) is 14.7. The molecular formula is C19H24N2. The van der Waals surface area contributed by atoms with Crippen molar-refractivity contribution in [1.82, 2.24) is 10.3 Å². The Morgan fingerprint density at radius 2 is 2.19 bits per heavy atom. The van der Waals surface area contributed by atoms with Crippen LogP contribution in [0, 0.1) is 6.92 Å². The monoisotopic (exact) mass is 280 g/mol. The van der Waals surface area contributed by atoms with Crippen LogP contribution in [0.5, 0.6) is 0 Å². The van der Waals surface area contributed by atoms with E-state index in [1.165, 1.54) is 41.6 Å². The normalized spacial score (nSPS) is 19.0. The molecule has 2 unspecified atom stereocenters. The van der Waals surface area contributed by atoms with Gasteiger partial charge in [0.25, 0.3) is 0 Å². The van der Waals surface area contributed by atoms with Gasteiger partial charge in [0.15, 0.2) is 0 Å². The highest BCUT2D eigenvalue weighted by molar-refractivity contribution is 5.29. The first kappa shape index (κ1) is 14.3. The fourth-order valence-corrected chi connectivity index (χ4v) is 3.58. The first-order chi connectivity index (χ1) is 10.3. The summed E-state index contributed by atoms with van der Waals surface area (Å²) in [6, 6.07) is 13.6. The van der Waals surface area contributed by atoms with Gasteiger partial charge < -0.3 is 5.32 Å². The highest BCUT2D eigenvalue weighted by Gasteiger charge is 2.28. The lowest BCUT2D eigenvalue weighted by molar-refractivity contribution is 0.403. The molecule has 1 aliphatic carbocycles. The van der Waals surface area contributed by atoms with Crippen LogP contribution in [-0.2, 0) is 12.8 Å². The molecule has 2 atom stereocenters. The first-order valence-corrected chi connectivity index (χ1v) is 7.94. The molecule has 21 heavy (non-hydrogen) atoms. The predicted molar refractivity (Wildman–Crippen MR) is 87.6 cm³/mol. The fourth-order valence-electron chi connectivity index (χ4n) is 3.58. The third-order valence-electron chi connectivity index (χ3n) is 4.63. The van der Waals surface area contributed by atoms with Crippen molar-refractivity contribution in [2.24, 2.45) is 0 Å². The van der Waals surface area contributed by atoms with Crippen molar-refractivity contribution >= 4 is 0 Å². The van der Waals surface area contributed by atoms with Crippen LogP contribution in [0.15, 0.2) is 42.6 Å². The van der Waals surface area contributed by atoms with Crippen molar-refractivity contribution in [3.8, 4) is 0 Å². The minimum absolute atomic E-state index is 0.459. The number of hydrogen-bond acceptors (Lipinski definition) is 2. The van der Waals surface area contributed by atoms with Crippen molar-refractivity contribution in [2.75, 3.05) is 7.05 Å². The maximum Gasteiger partial charge on any atom is 0.0482 e. The Hall–Kier alpha value is -1.67. The van der Waals surface area contributed by atoms with E-state index in [1.54, 1.807) is 0 Å². The quantitative estimate of drug-likeness (QED) is 0.925. The number of fused-ring (bicyclic) bond motifs is 1. The van der Waals surface area contributed by atoms with Crippen molar-refractivity contribution in [2.45, 2.75) is 44.6 Å². The summed E-state index contributed by atoms with van der Waals surface area (Å²) < 4.78 is 0. The van der Waals surface area contributed by atoms with Gasteiger partial charge in [0.2, 0.25) is 0 Å². The van der Waals surface area contributed by atoms with Crippen LogP contribution >= 0.6 is 0 Å². The second kappa shape index (κ2) is 6.40. The summed E-state index contributed by atoms with van der Waals surface area (Å²) in [5.74, 6) is 0.528. The molecule has 0 bridgehead atoms. The van der Waals surface area contributed by atoms with E-state index >= 15 is 0 Å². The highest BCUT2D eigenvalue weighted by atomic mass is 14.9. The smallest absolute Gasteiger partial charge is 0.0482 e. The fraction of sp³-hybridized carbons (Fsp3) is 0.421. The van der Waals surface area contributed by atoms with Crippen molar-refractivity contribution in [1.29, 1.82) is 0 Å². The van der Waals surface area contributed by atoms with Crippen LogP contribution in [0.3, 0.4) is 0 Å². The summed E-state index contributed by atoms with van der Waals surface area (Å²) >= 11 is 0. The molecule has 0 spiro atoms. The van der Waals surface area contributed by atoms with Crippen LogP contribution in [0.1, 0.15) is 41.1 Å². The number of hydrogen-bond donors (Lipinski definition) is 1. The number of benzene rings is 1. The Morgan fingerprint density at radius 3 is 3.00 bits per heavy atom. The van der Waals surface area contributed by atoms with E-state index in [1.807, 2.05) is 6.20 Å². The van der Waals surface area contributed by atoms with Gasteiger partial charge in [0.05, 0.1) is 0 Å². The van der Waals surface area contributed by atoms with Gasteiger partial charge in [-0.3, -0.25) is 4.98 Å². The Labute approximate surface area is 127 Å². The van der Waals surface area contributed by atoms with Gasteiger partial charge in [-0.15, -0.1) is 0 Å². The molecule has 0 aliphatic heterocycles. The molecule has 0 radical (unpaired) electrons. The molecule has 2 aromatic rings. The van der Waals surface area contributed by atoms with Crippen LogP contribution < -0.4 is 5.32 Å². The average Bonchev–Trinajstić information content (AvgIpc) is 2.52. The van der Waals surface area contributed by atoms with Crippen molar-refractivity contribution in [3.05, 3.63) is 65.0 Å². The SMILES string of the molecule is CNC(Cc1cccc(C)c1)C1CCCc2cccnc21. The molecule has 110 valence electrons. The summed E-state index contributed by atoms with van der Waals surface area (Å²) in [5.41, 5.74) is 5.51. The number of nitrogens with zero attached hydrogens (tertiary/aromatic N) is 1. The Kier molecular flexibility index (Phi) is 4.35. The van der Waals surface area contributed by atoms with Gasteiger partial charge >= 0.3 is 0 Å². The van der Waals surface area contributed by atoms with E-state index < -0.39 is 0 Å². The van der Waals surface area contributed by atoms with Gasteiger partial charge in [-0.25, -0.2) is 0 Å². The molecule has 3 rings (SSSR count). The Bertz CT molecular complexity index is 606. The number of pyridine rings is 1. The second-order valence-corrected chi connectivity index (χ2v) is 6.13. The van der Waals surface area contributed by atoms with E-state index in [4.69, 9.17) is 0 Å². The predicted octanol–water partition coefficient (Wildman–Crippen LogP) is 3.64. The Balaban J connectivity index is 1.84. The summed E-state index contributed by atoms with van der Waals surface area (Å²) in [7, 11) is 2.08. The topological polar surface area (TPSA) is 24.9 Å². The number of aromatic nitrogens is 1. The summed E-state index contributed by atoms with van der Waals surface area (Å²) in [5, 5.41) is 3.54. The maximum atomic E-state index is 4.69. The van der Waals surface area contributed by atoms with Crippen LogP contribution in [-0.4, -0.2) is 18.1 Å². The zero-order valence-corrected chi connectivity index (χ0v) is 13.0. The molecule has 1 aliphatic rings. The number of likely N-dealkylation sites (N-methyl/N-ethyl adjacent to an activating group) is 1. The number of nitrogens with one attached hydrogen (secondary N) is 1. The van der Waals surface area contributed by atoms with Gasteiger partial charge in [0, 0.05) is 23.9 Å². The third-order valence-corrected chi connectivity index (χ3v) is 4.63. The van der Waals surface area contributed by atoms with Gasteiger partial charge in [-0.1, -0.05) is 35.9 Å². The molecule has 0 amide bonds. The molecular weight excluding hydrogens is 256 g/mol. The summed E-state index contributed by atoms with van der Waals surface area (Å²) in [4.78, 5) is 4.69. The second-order valence-electron chi connectivity index (χ2n) is 6.13. The van der Waals surface area contributed by atoms with Gasteiger partial charge in [-0.05, 0) is 56.8 Å². The van der Waals surface area contributed by atoms with Crippen molar-refractivity contribution in [3.63, 3.8) is 0 Å². The molecule has 2 nitrogen and oxygen atoms in total. The molecule has 0 saturated heterocycles. The lowest BCUT2D eigenvalue weighted by atomic mass is 9.80. The largest absolute Gasteiger partial charge is 0.316 e. The molecule has 1 aromatic carbocycles. The molecule has 2 heteroatoms. The lowest BCUT2D eigenvalue weighted by Crippen LogP contribution is -2.36. The van der Waals surface area contributed by atoms with E-state index in [0.717, 1.165) is 6.42 Å². The maximum absolute atomic E-state index is 4.69. The van der Waals surface area contributed by atoms with E-state index in [-0.39, 0.29) is 0 Å². The number of aryl methyl sites for hydroxylation is 2. The molecule has 1 heterocycles. The van der Waals surface area contributed by atoms with Crippen LogP contribution in [0.25, 0.3) is 0 Å². The first-order valence-electron chi connectivity index (χ1n) is 7.94. The van der Waals surface area contributed by atoms with Gasteiger partial charge in [-0.2, -0.15) is 0 Å².